The first-order valence-electron chi connectivity index (χ1n) is 6.03. The van der Waals surface area contributed by atoms with Crippen molar-refractivity contribution in [2.75, 3.05) is 0 Å². The minimum atomic E-state index is 0.000849. The van der Waals surface area contributed by atoms with Crippen LogP contribution in [0.4, 0.5) is 0 Å². The Balaban J connectivity index is 2.11. The number of amides is 1. The third-order valence-corrected chi connectivity index (χ3v) is 4.68. The summed E-state index contributed by atoms with van der Waals surface area (Å²) >= 11 is 7.79. The lowest BCUT2D eigenvalue weighted by molar-refractivity contribution is -0.110. The topological polar surface area (TPSA) is 29.1 Å². The molecule has 0 aromatic heterocycles. The summed E-state index contributed by atoms with van der Waals surface area (Å²) < 4.78 is 0. The largest absolute Gasteiger partial charge is 0.351 e. The van der Waals surface area contributed by atoms with Crippen molar-refractivity contribution in [1.82, 2.24) is 5.32 Å². The molecule has 0 radical (unpaired) electrons. The van der Waals surface area contributed by atoms with Crippen molar-refractivity contribution in [3.8, 4) is 0 Å². The standard InChI is InChI=1S/C15H12ClNOS/c16-11-5-6-14-10(7-11)8-13(17-9-18)12-3-1-2-4-15(12)19-14/h1-7,9,13H,8H2,(H,17,18). The maximum Gasteiger partial charge on any atom is 0.207 e. The maximum atomic E-state index is 10.8. The Bertz CT molecular complexity index is 629. The lowest BCUT2D eigenvalue weighted by Crippen LogP contribution is -2.21. The van der Waals surface area contributed by atoms with Gasteiger partial charge in [-0.2, -0.15) is 0 Å². The molecule has 0 bridgehead atoms. The van der Waals surface area contributed by atoms with E-state index in [-0.39, 0.29) is 6.04 Å². The van der Waals surface area contributed by atoms with E-state index in [2.05, 4.69) is 17.4 Å². The third kappa shape index (κ3) is 2.48. The molecular weight excluding hydrogens is 278 g/mol. The SMILES string of the molecule is O=CNC1Cc2cc(Cl)ccc2Sc2ccccc21. The average molecular weight is 290 g/mol. The number of hydrogen-bond acceptors (Lipinski definition) is 2. The van der Waals surface area contributed by atoms with Crippen LogP contribution in [0.3, 0.4) is 0 Å². The highest BCUT2D eigenvalue weighted by atomic mass is 35.5. The minimum Gasteiger partial charge on any atom is -0.351 e. The predicted molar refractivity (Wildman–Crippen MR) is 77.7 cm³/mol. The van der Waals surface area contributed by atoms with Gasteiger partial charge in [-0.15, -0.1) is 0 Å². The fourth-order valence-corrected chi connectivity index (χ4v) is 3.66. The molecule has 3 rings (SSSR count). The van der Waals surface area contributed by atoms with E-state index in [1.165, 1.54) is 15.4 Å². The van der Waals surface area contributed by atoms with Crippen molar-refractivity contribution in [3.05, 3.63) is 58.6 Å². The van der Waals surface area contributed by atoms with Crippen LogP contribution in [-0.4, -0.2) is 6.41 Å². The van der Waals surface area contributed by atoms with Crippen molar-refractivity contribution in [1.29, 1.82) is 0 Å². The van der Waals surface area contributed by atoms with E-state index in [9.17, 15) is 4.79 Å². The Labute approximate surface area is 121 Å². The number of carbonyl (C=O) groups excluding carboxylic acids is 1. The van der Waals surface area contributed by atoms with Gasteiger partial charge in [0.15, 0.2) is 0 Å². The molecule has 1 N–H and O–H groups in total. The van der Waals surface area contributed by atoms with E-state index in [4.69, 9.17) is 11.6 Å². The van der Waals surface area contributed by atoms with Gasteiger partial charge in [-0.25, -0.2) is 0 Å². The van der Waals surface area contributed by atoms with Crippen LogP contribution in [0, 0.1) is 0 Å². The van der Waals surface area contributed by atoms with Crippen LogP contribution >= 0.6 is 23.4 Å². The lowest BCUT2D eigenvalue weighted by Gasteiger charge is -2.16. The van der Waals surface area contributed by atoms with Crippen molar-refractivity contribution in [3.63, 3.8) is 0 Å². The van der Waals surface area contributed by atoms with Gasteiger partial charge in [0.05, 0.1) is 6.04 Å². The second-order valence-corrected chi connectivity index (χ2v) is 5.95. The molecular formula is C15H12ClNOS. The second kappa shape index (κ2) is 5.27. The van der Waals surface area contributed by atoms with E-state index in [0.717, 1.165) is 23.4 Å². The molecule has 19 heavy (non-hydrogen) atoms. The Kier molecular flexibility index (Phi) is 3.49. The van der Waals surface area contributed by atoms with Gasteiger partial charge in [0, 0.05) is 14.8 Å². The molecule has 1 unspecified atom stereocenters. The highest BCUT2D eigenvalue weighted by molar-refractivity contribution is 7.99. The number of nitrogens with one attached hydrogen (secondary N) is 1. The zero-order valence-electron chi connectivity index (χ0n) is 10.1. The lowest BCUT2D eigenvalue weighted by atomic mass is 9.99. The molecule has 2 aromatic carbocycles. The summed E-state index contributed by atoms with van der Waals surface area (Å²) in [7, 11) is 0. The molecule has 96 valence electrons. The molecule has 0 saturated carbocycles. The fraction of sp³-hybridized carbons (Fsp3) is 0.133. The highest BCUT2D eigenvalue weighted by Gasteiger charge is 2.21. The number of carbonyl (C=O) groups is 1. The summed E-state index contributed by atoms with van der Waals surface area (Å²) in [4.78, 5) is 13.2. The van der Waals surface area contributed by atoms with Crippen molar-refractivity contribution >= 4 is 29.8 Å². The zero-order chi connectivity index (χ0) is 13.2. The van der Waals surface area contributed by atoms with Gasteiger partial charge < -0.3 is 5.32 Å². The summed E-state index contributed by atoms with van der Waals surface area (Å²) in [6.07, 6.45) is 1.53. The number of fused-ring (bicyclic) bond motifs is 2. The fourth-order valence-electron chi connectivity index (χ4n) is 2.35. The highest BCUT2D eigenvalue weighted by Crippen LogP contribution is 2.41. The quantitative estimate of drug-likeness (QED) is 0.851. The molecule has 1 amide bonds. The summed E-state index contributed by atoms with van der Waals surface area (Å²) in [5.74, 6) is 0. The van der Waals surface area contributed by atoms with Gasteiger partial charge in [0.25, 0.3) is 0 Å². The summed E-state index contributed by atoms with van der Waals surface area (Å²) in [6.45, 7) is 0. The third-order valence-electron chi connectivity index (χ3n) is 3.23. The van der Waals surface area contributed by atoms with Crippen molar-refractivity contribution in [2.24, 2.45) is 0 Å². The van der Waals surface area contributed by atoms with Gasteiger partial charge in [0.1, 0.15) is 0 Å². The van der Waals surface area contributed by atoms with Crippen LogP contribution in [0.25, 0.3) is 0 Å². The van der Waals surface area contributed by atoms with Crippen LogP contribution in [0.1, 0.15) is 17.2 Å². The Morgan fingerprint density at radius 1 is 1.21 bits per heavy atom. The first kappa shape index (κ1) is 12.6. The Morgan fingerprint density at radius 2 is 2.05 bits per heavy atom. The van der Waals surface area contributed by atoms with E-state index in [1.807, 2.05) is 30.3 Å². The predicted octanol–water partition coefficient (Wildman–Crippen LogP) is 3.83. The minimum absolute atomic E-state index is 0.000849. The number of halogens is 1. The molecule has 0 saturated heterocycles. The number of rotatable bonds is 2. The molecule has 1 aliphatic rings. The number of benzene rings is 2. The van der Waals surface area contributed by atoms with Gasteiger partial charge in [-0.1, -0.05) is 41.6 Å². The molecule has 1 heterocycles. The van der Waals surface area contributed by atoms with Crippen LogP contribution < -0.4 is 5.32 Å². The van der Waals surface area contributed by atoms with E-state index >= 15 is 0 Å². The van der Waals surface area contributed by atoms with Crippen LogP contribution in [-0.2, 0) is 11.2 Å². The van der Waals surface area contributed by atoms with Gasteiger partial charge >= 0.3 is 0 Å². The maximum absolute atomic E-state index is 10.8. The summed E-state index contributed by atoms with van der Waals surface area (Å²) in [6, 6.07) is 14.1. The number of hydrogen-bond donors (Lipinski definition) is 1. The van der Waals surface area contributed by atoms with Gasteiger partial charge in [-0.05, 0) is 41.8 Å². The zero-order valence-corrected chi connectivity index (χ0v) is 11.7. The monoisotopic (exact) mass is 289 g/mol. The molecule has 2 nitrogen and oxygen atoms in total. The molecule has 0 spiro atoms. The van der Waals surface area contributed by atoms with Crippen LogP contribution in [0.5, 0.6) is 0 Å². The van der Waals surface area contributed by atoms with E-state index < -0.39 is 0 Å². The van der Waals surface area contributed by atoms with E-state index in [1.54, 1.807) is 11.8 Å². The summed E-state index contributed by atoms with van der Waals surface area (Å²) in [5, 5.41) is 3.64. The molecule has 2 aromatic rings. The first-order valence-corrected chi connectivity index (χ1v) is 7.22. The smallest absolute Gasteiger partial charge is 0.207 e. The molecule has 1 aliphatic heterocycles. The van der Waals surface area contributed by atoms with Gasteiger partial charge in [0.2, 0.25) is 6.41 Å². The average Bonchev–Trinajstić information content (AvgIpc) is 2.56. The van der Waals surface area contributed by atoms with Gasteiger partial charge in [-0.3, -0.25) is 4.79 Å². The van der Waals surface area contributed by atoms with Crippen molar-refractivity contribution < 1.29 is 4.79 Å². The van der Waals surface area contributed by atoms with Crippen LogP contribution in [0.15, 0.2) is 52.3 Å². The summed E-state index contributed by atoms with van der Waals surface area (Å²) in [5.41, 5.74) is 2.33. The van der Waals surface area contributed by atoms with Crippen molar-refractivity contribution in [2.45, 2.75) is 22.3 Å². The normalized spacial score (nSPS) is 17.0. The Hall–Kier alpha value is -1.45. The Morgan fingerprint density at radius 3 is 2.89 bits per heavy atom. The van der Waals surface area contributed by atoms with Crippen LogP contribution in [0.2, 0.25) is 5.02 Å². The molecule has 1 atom stereocenters. The molecule has 4 heteroatoms. The van der Waals surface area contributed by atoms with E-state index in [0.29, 0.717) is 0 Å². The molecule has 0 fully saturated rings. The second-order valence-electron chi connectivity index (χ2n) is 4.43. The molecule has 0 aliphatic carbocycles. The first-order chi connectivity index (χ1) is 9.28.